The number of para-hydroxylation sites is 3. The molecule has 0 bridgehead atoms. The number of fused-ring (bicyclic) bond motifs is 13. The summed E-state index contributed by atoms with van der Waals surface area (Å²) in [4.78, 5) is 0. The standard InChI is InChI=1S/C48H31B2NOSi/c1-7-20-40-34(14-1)35-15-2-8-21-41(35)51(40)33-30-28-32(29-31-33)49-37-17-4-10-24-44(37)53(45-25-11-5-18-38(45)49)46-26-12-6-19-39(46)50-36-16-3-9-22-42(36)52-43-23-13-27-47(53)48(43)50/h1-31H. The Kier molecular flexibility index (Phi) is 6.01. The van der Waals surface area contributed by atoms with E-state index in [1.54, 1.807) is 0 Å². The first-order valence-corrected chi connectivity index (χ1v) is 20.6. The molecule has 0 saturated heterocycles. The second-order valence-electron chi connectivity index (χ2n) is 14.7. The van der Waals surface area contributed by atoms with Crippen LogP contribution in [0.25, 0.3) is 27.5 Å². The summed E-state index contributed by atoms with van der Waals surface area (Å²) in [7, 11) is -2.80. The summed E-state index contributed by atoms with van der Waals surface area (Å²) in [5.41, 5.74) is 11.8. The maximum atomic E-state index is 6.76. The van der Waals surface area contributed by atoms with Crippen molar-refractivity contribution in [1.82, 2.24) is 4.57 Å². The van der Waals surface area contributed by atoms with Gasteiger partial charge < -0.3 is 9.30 Å². The highest BCUT2D eigenvalue weighted by Gasteiger charge is 2.56. The third-order valence-electron chi connectivity index (χ3n) is 12.3. The van der Waals surface area contributed by atoms with Crippen LogP contribution in [0.5, 0.6) is 11.5 Å². The normalized spacial score (nSPS) is 14.3. The molecular weight excluding hydrogens is 656 g/mol. The Bertz CT molecular complexity index is 2870. The lowest BCUT2D eigenvalue weighted by Gasteiger charge is -2.48. The van der Waals surface area contributed by atoms with Gasteiger partial charge in [0.15, 0.2) is 8.07 Å². The quantitative estimate of drug-likeness (QED) is 0.252. The van der Waals surface area contributed by atoms with E-state index in [1.165, 1.54) is 81.0 Å². The maximum Gasteiger partial charge on any atom is 0.250 e. The van der Waals surface area contributed by atoms with Crippen LogP contribution < -0.4 is 58.3 Å². The predicted molar refractivity (Wildman–Crippen MR) is 227 cm³/mol. The first kappa shape index (κ1) is 29.3. The highest BCUT2D eigenvalue weighted by atomic mass is 28.3. The molecule has 0 unspecified atom stereocenters. The van der Waals surface area contributed by atoms with Crippen molar-refractivity contribution >= 4 is 96.8 Å². The van der Waals surface area contributed by atoms with E-state index in [4.69, 9.17) is 4.74 Å². The minimum absolute atomic E-state index is 0.106. The molecule has 0 atom stereocenters. The lowest BCUT2D eigenvalue weighted by molar-refractivity contribution is 0.488. The minimum Gasteiger partial charge on any atom is -0.458 e. The van der Waals surface area contributed by atoms with E-state index in [0.29, 0.717) is 0 Å². The molecule has 244 valence electrons. The van der Waals surface area contributed by atoms with E-state index in [0.717, 1.165) is 11.5 Å². The first-order chi connectivity index (χ1) is 26.3. The zero-order valence-corrected chi connectivity index (χ0v) is 29.9. The molecule has 0 N–H and O–H groups in total. The van der Waals surface area contributed by atoms with Crippen molar-refractivity contribution in [3.63, 3.8) is 0 Å². The summed E-state index contributed by atoms with van der Waals surface area (Å²) in [6.07, 6.45) is 0. The van der Waals surface area contributed by atoms with Crippen LogP contribution in [-0.2, 0) is 0 Å². The molecule has 0 saturated carbocycles. The van der Waals surface area contributed by atoms with Gasteiger partial charge in [0.2, 0.25) is 6.71 Å². The highest BCUT2D eigenvalue weighted by molar-refractivity contribution is 7.31. The molecule has 8 aromatic carbocycles. The highest BCUT2D eigenvalue weighted by Crippen LogP contribution is 2.32. The van der Waals surface area contributed by atoms with Crippen molar-refractivity contribution in [1.29, 1.82) is 0 Å². The van der Waals surface area contributed by atoms with Crippen molar-refractivity contribution in [2.45, 2.75) is 0 Å². The fourth-order valence-electron chi connectivity index (χ4n) is 10.4. The predicted octanol–water partition coefficient (Wildman–Crippen LogP) is 3.93. The van der Waals surface area contributed by atoms with Crippen LogP contribution in [0.3, 0.4) is 0 Å². The summed E-state index contributed by atoms with van der Waals surface area (Å²) in [5, 5.41) is 8.47. The summed E-state index contributed by atoms with van der Waals surface area (Å²) >= 11 is 0. The van der Waals surface area contributed by atoms with Crippen molar-refractivity contribution in [2.75, 3.05) is 0 Å². The van der Waals surface area contributed by atoms with Gasteiger partial charge in [-0.25, -0.2) is 0 Å². The van der Waals surface area contributed by atoms with Gasteiger partial charge in [-0.05, 0) is 68.1 Å². The SMILES string of the molecule is c1ccc2c(c1)Oc1cccc3c1B2c1ccccc1[Si]31c2ccccc2B(c2ccc(-n3c4ccccc4c4ccccc43)cc2)c2ccccc21. The van der Waals surface area contributed by atoms with Gasteiger partial charge in [-0.1, -0.05) is 174 Å². The third kappa shape index (κ3) is 3.79. The zero-order valence-electron chi connectivity index (χ0n) is 28.9. The van der Waals surface area contributed by atoms with Gasteiger partial charge in [-0.15, -0.1) is 0 Å². The van der Waals surface area contributed by atoms with Gasteiger partial charge >= 0.3 is 0 Å². The molecule has 4 heterocycles. The number of hydrogen-bond acceptors (Lipinski definition) is 1. The van der Waals surface area contributed by atoms with E-state index < -0.39 is 8.07 Å². The molecule has 1 aromatic heterocycles. The molecule has 0 aliphatic carbocycles. The molecular formula is C48H31B2NOSi. The molecule has 0 fully saturated rings. The molecule has 0 radical (unpaired) electrons. The van der Waals surface area contributed by atoms with E-state index in [-0.39, 0.29) is 13.4 Å². The second kappa shape index (κ2) is 10.9. The number of ether oxygens (including phenoxy) is 1. The maximum absolute atomic E-state index is 6.76. The summed E-state index contributed by atoms with van der Waals surface area (Å²) < 4.78 is 9.17. The lowest BCUT2D eigenvalue weighted by atomic mass is 9.35. The topological polar surface area (TPSA) is 14.2 Å². The molecule has 9 aromatic rings. The molecule has 3 aliphatic heterocycles. The Morgan fingerprint density at radius 2 is 0.849 bits per heavy atom. The molecule has 3 aliphatic rings. The van der Waals surface area contributed by atoms with Crippen LogP contribution in [0.15, 0.2) is 188 Å². The van der Waals surface area contributed by atoms with Gasteiger partial charge in [0.05, 0.1) is 11.0 Å². The van der Waals surface area contributed by atoms with Gasteiger partial charge in [0, 0.05) is 16.5 Å². The molecule has 2 nitrogen and oxygen atoms in total. The van der Waals surface area contributed by atoms with E-state index >= 15 is 0 Å². The van der Waals surface area contributed by atoms with Crippen LogP contribution in [0, 0.1) is 0 Å². The Morgan fingerprint density at radius 1 is 0.377 bits per heavy atom. The van der Waals surface area contributed by atoms with Gasteiger partial charge in [0.1, 0.15) is 11.5 Å². The van der Waals surface area contributed by atoms with Crippen molar-refractivity contribution < 1.29 is 4.74 Å². The van der Waals surface area contributed by atoms with E-state index in [1.807, 2.05) is 0 Å². The van der Waals surface area contributed by atoms with Crippen molar-refractivity contribution in [2.24, 2.45) is 0 Å². The minimum atomic E-state index is -2.80. The van der Waals surface area contributed by atoms with Crippen LogP contribution in [0.4, 0.5) is 0 Å². The average Bonchev–Trinajstić information content (AvgIpc) is 3.56. The molecule has 0 amide bonds. The molecule has 12 rings (SSSR count). The lowest BCUT2D eigenvalue weighted by Crippen LogP contribution is -2.93. The van der Waals surface area contributed by atoms with Gasteiger partial charge in [0.25, 0.3) is 6.71 Å². The zero-order chi connectivity index (χ0) is 34.7. The number of rotatable bonds is 2. The summed E-state index contributed by atoms with van der Waals surface area (Å²) in [6.45, 7) is 0.236. The largest absolute Gasteiger partial charge is 0.458 e. The molecule has 5 heteroatoms. The monoisotopic (exact) mass is 687 g/mol. The van der Waals surface area contributed by atoms with Crippen LogP contribution in [0.1, 0.15) is 0 Å². The second-order valence-corrected chi connectivity index (χ2v) is 18.4. The van der Waals surface area contributed by atoms with E-state index in [2.05, 4.69) is 193 Å². The fraction of sp³-hybridized carbons (Fsp3) is 0. The van der Waals surface area contributed by atoms with Crippen LogP contribution >= 0.6 is 0 Å². The molecule has 53 heavy (non-hydrogen) atoms. The number of hydrogen-bond donors (Lipinski definition) is 0. The van der Waals surface area contributed by atoms with Crippen LogP contribution in [0.2, 0.25) is 0 Å². The third-order valence-corrected chi connectivity index (χ3v) is 17.3. The summed E-state index contributed by atoms with van der Waals surface area (Å²) in [5.74, 6) is 1.95. The Morgan fingerprint density at radius 3 is 1.47 bits per heavy atom. The fourth-order valence-corrected chi connectivity index (χ4v) is 16.1. The summed E-state index contributed by atoms with van der Waals surface area (Å²) in [6, 6.07) is 70.4. The van der Waals surface area contributed by atoms with Crippen LogP contribution in [-0.4, -0.2) is 26.1 Å². The first-order valence-electron chi connectivity index (χ1n) is 18.6. The number of aromatic nitrogens is 1. The Balaban J connectivity index is 1.10. The Labute approximate surface area is 310 Å². The average molecular weight is 687 g/mol. The van der Waals surface area contributed by atoms with Gasteiger partial charge in [-0.2, -0.15) is 0 Å². The van der Waals surface area contributed by atoms with E-state index in [9.17, 15) is 0 Å². The molecule has 1 spiro atoms. The van der Waals surface area contributed by atoms with Crippen molar-refractivity contribution in [3.05, 3.63) is 188 Å². The van der Waals surface area contributed by atoms with Crippen molar-refractivity contribution in [3.8, 4) is 17.2 Å². The van der Waals surface area contributed by atoms with Gasteiger partial charge in [-0.3, -0.25) is 0 Å². The smallest absolute Gasteiger partial charge is 0.250 e. The number of nitrogens with zero attached hydrogens (tertiary/aromatic N) is 1. The Hall–Kier alpha value is -6.29. The number of benzene rings is 8.